The summed E-state index contributed by atoms with van der Waals surface area (Å²) in [7, 11) is -3.30. The summed E-state index contributed by atoms with van der Waals surface area (Å²) in [5, 5.41) is 13.2. The Hall–Kier alpha value is -3.72. The van der Waals surface area contributed by atoms with E-state index in [4.69, 9.17) is 4.74 Å². The van der Waals surface area contributed by atoms with Crippen molar-refractivity contribution in [1.29, 1.82) is 0 Å². The molecule has 3 aromatic rings. The summed E-state index contributed by atoms with van der Waals surface area (Å²) >= 11 is 0. The molecule has 0 amide bonds. The molecule has 0 radical (unpaired) electrons. The molecule has 0 aliphatic heterocycles. The second-order valence-corrected chi connectivity index (χ2v) is 9.24. The number of benzene rings is 2. The van der Waals surface area contributed by atoms with Crippen molar-refractivity contribution in [1.82, 2.24) is 4.98 Å². The van der Waals surface area contributed by atoms with Crippen LogP contribution in [0.25, 0.3) is 10.9 Å². The Morgan fingerprint density at radius 3 is 2.42 bits per heavy atom. The number of sulfone groups is 1. The Balaban J connectivity index is 2.16. The molecule has 158 valence electrons. The topological polar surface area (TPSA) is 119 Å². The number of nitro groups is 1. The molecule has 0 spiro atoms. The lowest BCUT2D eigenvalue weighted by atomic mass is 9.75. The number of aromatic nitrogens is 1. The zero-order valence-corrected chi connectivity index (χ0v) is 17.2. The maximum atomic E-state index is 13.9. The molecule has 1 N–H and O–H groups in total. The fourth-order valence-electron chi connectivity index (χ4n) is 4.08. The molecule has 0 saturated carbocycles. The van der Waals surface area contributed by atoms with E-state index in [0.717, 1.165) is 12.2 Å². The maximum absolute atomic E-state index is 13.9. The average molecular weight is 438 g/mol. The van der Waals surface area contributed by atoms with Crippen LogP contribution in [0.1, 0.15) is 5.56 Å². The zero-order chi connectivity index (χ0) is 22.3. The monoisotopic (exact) mass is 438 g/mol. The molecular formula is C22H18N2O6S. The molecule has 1 aliphatic carbocycles. The molecule has 0 bridgehead atoms. The van der Waals surface area contributed by atoms with E-state index in [0.29, 0.717) is 10.9 Å². The molecule has 0 fully saturated rings. The van der Waals surface area contributed by atoms with Gasteiger partial charge in [-0.15, -0.1) is 0 Å². The van der Waals surface area contributed by atoms with Crippen LogP contribution in [-0.2, 0) is 24.9 Å². The first kappa shape index (κ1) is 20.5. The molecule has 0 saturated heterocycles. The van der Waals surface area contributed by atoms with Gasteiger partial charge in [0.2, 0.25) is 14.6 Å². The number of para-hydroxylation sites is 1. The van der Waals surface area contributed by atoms with Crippen molar-refractivity contribution in [2.75, 3.05) is 7.11 Å². The van der Waals surface area contributed by atoms with E-state index in [2.05, 4.69) is 4.98 Å². The normalized spacial score (nSPS) is 23.3. The predicted octanol–water partition coefficient (Wildman–Crippen LogP) is 3.15. The lowest BCUT2D eigenvalue weighted by Crippen LogP contribution is -2.61. The minimum absolute atomic E-state index is 0.0314. The van der Waals surface area contributed by atoms with Crippen molar-refractivity contribution in [2.24, 2.45) is 0 Å². The summed E-state index contributed by atoms with van der Waals surface area (Å²) < 4.78 is 30.3. The standard InChI is InChI=1S/C22H18N2O6S/c1-30-16-11-12-22(24(26)27,19-14-23-20-10-6-5-9-18(19)20)21(13-16,15-25)31(28,29)17-7-3-2-4-8-17/h2-15,23H,1H3. The molecule has 8 nitrogen and oxygen atoms in total. The number of methoxy groups -OCH3 is 1. The third-order valence-corrected chi connectivity index (χ3v) is 7.95. The average Bonchev–Trinajstić information content (AvgIpc) is 3.23. The van der Waals surface area contributed by atoms with Gasteiger partial charge in [0, 0.05) is 28.1 Å². The number of allylic oxidation sites excluding steroid dienone is 1. The molecule has 2 unspecified atom stereocenters. The van der Waals surface area contributed by atoms with Crippen molar-refractivity contribution in [3.63, 3.8) is 0 Å². The number of aromatic amines is 1. The molecule has 1 aliphatic rings. The third kappa shape index (κ3) is 2.66. The summed E-state index contributed by atoms with van der Waals surface area (Å²) in [6, 6.07) is 14.0. The van der Waals surface area contributed by atoms with Crippen molar-refractivity contribution in [2.45, 2.75) is 15.2 Å². The third-order valence-electron chi connectivity index (χ3n) is 5.64. The summed E-state index contributed by atoms with van der Waals surface area (Å²) in [5.41, 5.74) is -1.81. The van der Waals surface area contributed by atoms with E-state index in [-0.39, 0.29) is 22.5 Å². The van der Waals surface area contributed by atoms with Gasteiger partial charge in [-0.1, -0.05) is 36.4 Å². The summed E-state index contributed by atoms with van der Waals surface area (Å²) in [6.45, 7) is 0. The number of hydrogen-bond acceptors (Lipinski definition) is 6. The zero-order valence-electron chi connectivity index (χ0n) is 16.4. The van der Waals surface area contributed by atoms with Gasteiger partial charge in [0.15, 0.2) is 6.29 Å². The SMILES string of the molecule is COC1=CC(C=O)(S(=O)(=O)c2ccccc2)C(c2c[nH]c3ccccc23)([N+](=O)[O-])C=C1. The first-order valence-corrected chi connectivity index (χ1v) is 10.8. The fourth-order valence-corrected chi connectivity index (χ4v) is 6.05. The van der Waals surface area contributed by atoms with E-state index in [1.807, 2.05) is 0 Å². The van der Waals surface area contributed by atoms with Gasteiger partial charge >= 0.3 is 0 Å². The Bertz CT molecular complexity index is 1340. The van der Waals surface area contributed by atoms with Gasteiger partial charge < -0.3 is 14.5 Å². The van der Waals surface area contributed by atoms with Crippen LogP contribution in [0.15, 0.2) is 89.7 Å². The molecule has 9 heteroatoms. The fraction of sp³-hybridized carbons (Fsp3) is 0.136. The Labute approximate surface area is 177 Å². The van der Waals surface area contributed by atoms with E-state index in [9.17, 15) is 23.3 Å². The van der Waals surface area contributed by atoms with Crippen LogP contribution in [-0.4, -0.2) is 36.5 Å². The van der Waals surface area contributed by atoms with Gasteiger partial charge in [0.1, 0.15) is 5.76 Å². The number of ether oxygens (including phenoxy) is 1. The number of nitrogens with one attached hydrogen (secondary N) is 1. The lowest BCUT2D eigenvalue weighted by molar-refractivity contribution is -0.565. The van der Waals surface area contributed by atoms with Crippen LogP contribution in [0.4, 0.5) is 0 Å². The van der Waals surface area contributed by atoms with Crippen LogP contribution in [0, 0.1) is 10.1 Å². The van der Waals surface area contributed by atoms with Crippen LogP contribution < -0.4 is 0 Å². The Kier molecular flexibility index (Phi) is 4.78. The lowest BCUT2D eigenvalue weighted by Gasteiger charge is -2.38. The largest absolute Gasteiger partial charge is 0.497 e. The number of aldehydes is 1. The highest BCUT2D eigenvalue weighted by molar-refractivity contribution is 7.93. The minimum atomic E-state index is -4.60. The van der Waals surface area contributed by atoms with E-state index >= 15 is 0 Å². The van der Waals surface area contributed by atoms with Gasteiger partial charge in [-0.25, -0.2) is 8.42 Å². The van der Waals surface area contributed by atoms with E-state index in [1.54, 1.807) is 30.3 Å². The van der Waals surface area contributed by atoms with Crippen molar-refractivity contribution in [3.05, 3.63) is 100 Å². The number of H-pyrrole nitrogens is 1. The predicted molar refractivity (Wildman–Crippen MR) is 114 cm³/mol. The minimum Gasteiger partial charge on any atom is -0.497 e. The van der Waals surface area contributed by atoms with E-state index in [1.165, 1.54) is 43.6 Å². The first-order chi connectivity index (χ1) is 14.8. The molecule has 2 atom stereocenters. The summed E-state index contributed by atoms with van der Waals surface area (Å²) in [4.78, 5) is 27.4. The summed E-state index contributed by atoms with van der Waals surface area (Å²) in [5.74, 6) is 0.0314. The van der Waals surface area contributed by atoms with Gasteiger partial charge in [0.25, 0.3) is 5.54 Å². The maximum Gasteiger partial charge on any atom is 0.297 e. The summed E-state index contributed by atoms with van der Waals surface area (Å²) in [6.07, 6.45) is 4.96. The van der Waals surface area contributed by atoms with Crippen LogP contribution in [0.5, 0.6) is 0 Å². The molecule has 4 rings (SSSR count). The molecule has 31 heavy (non-hydrogen) atoms. The number of hydrogen-bond donors (Lipinski definition) is 1. The number of fused-ring (bicyclic) bond motifs is 1. The van der Waals surface area contributed by atoms with Crippen molar-refractivity contribution in [3.8, 4) is 0 Å². The molecular weight excluding hydrogens is 420 g/mol. The van der Waals surface area contributed by atoms with Gasteiger partial charge in [-0.3, -0.25) is 10.1 Å². The van der Waals surface area contributed by atoms with Crippen molar-refractivity contribution >= 4 is 27.0 Å². The van der Waals surface area contributed by atoms with Gasteiger partial charge in [0.05, 0.1) is 17.6 Å². The number of rotatable bonds is 6. The Morgan fingerprint density at radius 1 is 1.10 bits per heavy atom. The number of carbonyl (C=O) groups is 1. The smallest absolute Gasteiger partial charge is 0.297 e. The highest BCUT2D eigenvalue weighted by Gasteiger charge is 2.70. The van der Waals surface area contributed by atoms with Gasteiger partial charge in [-0.05, 0) is 30.4 Å². The molecule has 1 heterocycles. The highest BCUT2D eigenvalue weighted by Crippen LogP contribution is 2.50. The Morgan fingerprint density at radius 2 is 1.77 bits per heavy atom. The first-order valence-electron chi connectivity index (χ1n) is 9.27. The van der Waals surface area contributed by atoms with Crippen LogP contribution >= 0.6 is 0 Å². The second-order valence-electron chi connectivity index (χ2n) is 7.08. The molecule has 2 aromatic carbocycles. The van der Waals surface area contributed by atoms with E-state index < -0.39 is 25.0 Å². The number of carbonyl (C=O) groups excluding carboxylic acids is 1. The van der Waals surface area contributed by atoms with Crippen LogP contribution in [0.3, 0.4) is 0 Å². The molecule has 1 aromatic heterocycles. The second kappa shape index (κ2) is 7.21. The van der Waals surface area contributed by atoms with Crippen molar-refractivity contribution < 1.29 is 22.9 Å². The number of nitrogens with zero attached hydrogens (tertiary/aromatic N) is 1. The highest BCUT2D eigenvalue weighted by atomic mass is 32.2. The van der Waals surface area contributed by atoms with Crippen LogP contribution in [0.2, 0.25) is 0 Å². The van der Waals surface area contributed by atoms with Gasteiger partial charge in [-0.2, -0.15) is 0 Å². The quantitative estimate of drug-likeness (QED) is 0.359.